The maximum absolute atomic E-state index is 3.30. The van der Waals surface area contributed by atoms with Crippen molar-refractivity contribution < 1.29 is 0 Å². The Labute approximate surface area is 68.4 Å². The third-order valence-corrected chi connectivity index (χ3v) is 1.68. The van der Waals surface area contributed by atoms with Gasteiger partial charge in [0.25, 0.3) is 0 Å². The van der Waals surface area contributed by atoms with Crippen LogP contribution in [0.15, 0.2) is 30.3 Å². The fraction of sp³-hybridized carbons (Fsp3) is 0.400. The molecule has 0 fully saturated rings. The second kappa shape index (κ2) is 4.91. The third kappa shape index (κ3) is 3.19. The first-order valence-electron chi connectivity index (χ1n) is 4.18. The fourth-order valence-electron chi connectivity index (χ4n) is 1.05. The Hall–Kier alpha value is -0.820. The lowest BCUT2D eigenvalue weighted by molar-refractivity contribution is 0.716. The molecular formula is C10H15N. The predicted molar refractivity (Wildman–Crippen MR) is 48.7 cm³/mol. The van der Waals surface area contributed by atoms with Crippen molar-refractivity contribution in [2.24, 2.45) is 0 Å². The van der Waals surface area contributed by atoms with Crippen molar-refractivity contribution in [3.8, 4) is 0 Å². The van der Waals surface area contributed by atoms with Crippen molar-refractivity contribution in [3.63, 3.8) is 0 Å². The van der Waals surface area contributed by atoms with Crippen molar-refractivity contribution >= 4 is 0 Å². The third-order valence-electron chi connectivity index (χ3n) is 1.68. The Bertz CT molecular complexity index is 181. The van der Waals surface area contributed by atoms with Gasteiger partial charge in [0, 0.05) is 0 Å². The average molecular weight is 150 g/mol. The second-order valence-corrected chi connectivity index (χ2v) is 2.59. The molecule has 0 spiro atoms. The van der Waals surface area contributed by atoms with E-state index in [0.717, 1.165) is 19.5 Å². The van der Waals surface area contributed by atoms with Crippen LogP contribution in [0, 0.1) is 0 Å². The van der Waals surface area contributed by atoms with Crippen molar-refractivity contribution in [3.05, 3.63) is 35.9 Å². The van der Waals surface area contributed by atoms with Gasteiger partial charge >= 0.3 is 0 Å². The summed E-state index contributed by atoms with van der Waals surface area (Å²) in [7, 11) is 0. The molecule has 0 aliphatic rings. The smallest absolute Gasteiger partial charge is 0.000847 e. The van der Waals surface area contributed by atoms with Gasteiger partial charge in [0.1, 0.15) is 0 Å². The predicted octanol–water partition coefficient (Wildman–Crippen LogP) is 1.84. The van der Waals surface area contributed by atoms with Crippen LogP contribution in [0.25, 0.3) is 0 Å². The maximum atomic E-state index is 3.30. The lowest BCUT2D eigenvalue weighted by atomic mass is 10.2. The molecule has 0 saturated carbocycles. The molecule has 0 aromatic heterocycles. The first-order valence-corrected chi connectivity index (χ1v) is 4.18. The number of hydrogen-bond acceptors (Lipinski definition) is 1. The van der Waals surface area contributed by atoms with Crippen LogP contribution in [0.5, 0.6) is 0 Å². The molecule has 0 heterocycles. The summed E-state index contributed by atoms with van der Waals surface area (Å²) in [5, 5.41) is 3.30. The van der Waals surface area contributed by atoms with E-state index in [0.29, 0.717) is 0 Å². The summed E-state index contributed by atoms with van der Waals surface area (Å²) >= 11 is 0. The Morgan fingerprint density at radius 1 is 1.18 bits per heavy atom. The molecule has 0 aliphatic carbocycles. The van der Waals surface area contributed by atoms with Crippen molar-refractivity contribution in [2.45, 2.75) is 13.3 Å². The molecule has 1 heteroatoms. The lowest BCUT2D eigenvalue weighted by Gasteiger charge is -2.00. The van der Waals surface area contributed by atoms with Gasteiger partial charge in [-0.1, -0.05) is 37.3 Å². The number of benzene rings is 1. The van der Waals surface area contributed by atoms with Gasteiger partial charge < -0.3 is 5.32 Å². The summed E-state index contributed by atoms with van der Waals surface area (Å²) in [6.07, 6.45) is 1.13. The number of likely N-dealkylation sites (N-methyl/N-ethyl adjacent to an activating group) is 1. The van der Waals surface area contributed by atoms with E-state index in [9.17, 15) is 0 Å². The molecule has 0 saturated heterocycles. The van der Waals surface area contributed by atoms with Gasteiger partial charge in [-0.05, 0) is 25.1 Å². The van der Waals surface area contributed by atoms with Gasteiger partial charge in [-0.2, -0.15) is 0 Å². The largest absolute Gasteiger partial charge is 0.317 e. The molecule has 1 rings (SSSR count). The van der Waals surface area contributed by atoms with Gasteiger partial charge in [0.15, 0.2) is 0 Å². The minimum Gasteiger partial charge on any atom is -0.317 e. The van der Waals surface area contributed by atoms with Gasteiger partial charge in [-0.25, -0.2) is 0 Å². The van der Waals surface area contributed by atoms with E-state index >= 15 is 0 Å². The Morgan fingerprint density at radius 2 is 1.91 bits per heavy atom. The molecule has 0 bridgehead atoms. The molecule has 1 N–H and O–H groups in total. The monoisotopic (exact) mass is 150 g/mol. The van der Waals surface area contributed by atoms with E-state index in [-0.39, 0.29) is 0 Å². The molecule has 1 aromatic rings. The summed E-state index contributed by atoms with van der Waals surface area (Å²) < 4.78 is 0. The van der Waals surface area contributed by atoms with Crippen LogP contribution in [0.4, 0.5) is 0 Å². The van der Waals surface area contributed by atoms with Crippen LogP contribution in [0.3, 0.4) is 0 Å². The van der Waals surface area contributed by atoms with Gasteiger partial charge in [0.2, 0.25) is 0 Å². The molecule has 0 amide bonds. The normalized spacial score (nSPS) is 9.91. The fourth-order valence-corrected chi connectivity index (χ4v) is 1.05. The van der Waals surface area contributed by atoms with Crippen molar-refractivity contribution in [2.75, 3.05) is 13.1 Å². The molecule has 0 radical (unpaired) electrons. The Kier molecular flexibility index (Phi) is 3.70. The molecular weight excluding hydrogens is 135 g/mol. The van der Waals surface area contributed by atoms with Crippen LogP contribution in [0.2, 0.25) is 0 Å². The summed E-state index contributed by atoms with van der Waals surface area (Å²) in [6.45, 7) is 4.28. The van der Waals surface area contributed by atoms with E-state index in [1.165, 1.54) is 5.56 Å². The first-order chi connectivity index (χ1) is 5.43. The van der Waals surface area contributed by atoms with Crippen LogP contribution in [0.1, 0.15) is 12.5 Å². The topological polar surface area (TPSA) is 12.0 Å². The molecule has 0 aliphatic heterocycles. The summed E-state index contributed by atoms with van der Waals surface area (Å²) in [6, 6.07) is 10.5. The quantitative estimate of drug-likeness (QED) is 0.510. The minimum absolute atomic E-state index is 1.06. The second-order valence-electron chi connectivity index (χ2n) is 2.59. The highest BCUT2D eigenvalue weighted by Gasteiger charge is 1.88. The van der Waals surface area contributed by atoms with Crippen LogP contribution >= 0.6 is 0 Å². The van der Waals surface area contributed by atoms with Crippen LogP contribution in [-0.2, 0) is 6.42 Å². The standard InChI is InChI=1S/C10H15N/c1-2-11-9-8-10-6-4-3-5-7-10/h3-7,11H,2,8-9H2,1H3/i9+1. The minimum atomic E-state index is 1.06. The summed E-state index contributed by atoms with van der Waals surface area (Å²) in [5.41, 5.74) is 1.41. The Balaban J connectivity index is 2.28. The van der Waals surface area contributed by atoms with E-state index < -0.39 is 0 Å². The highest BCUT2D eigenvalue weighted by atomic mass is 15.0. The highest BCUT2D eigenvalue weighted by molar-refractivity contribution is 5.14. The van der Waals surface area contributed by atoms with Crippen LogP contribution < -0.4 is 5.32 Å². The van der Waals surface area contributed by atoms with E-state index in [4.69, 9.17) is 0 Å². The molecule has 0 unspecified atom stereocenters. The van der Waals surface area contributed by atoms with Crippen molar-refractivity contribution in [1.82, 2.24) is 5.32 Å². The number of nitrogens with one attached hydrogen (secondary N) is 1. The van der Waals surface area contributed by atoms with E-state index in [1.54, 1.807) is 0 Å². The molecule has 60 valence electrons. The summed E-state index contributed by atoms with van der Waals surface area (Å²) in [4.78, 5) is 0. The van der Waals surface area contributed by atoms with Gasteiger partial charge in [-0.3, -0.25) is 0 Å². The first kappa shape index (κ1) is 8.28. The number of hydrogen-bond donors (Lipinski definition) is 1. The molecule has 0 atom stereocenters. The lowest BCUT2D eigenvalue weighted by Crippen LogP contribution is -2.15. The Morgan fingerprint density at radius 3 is 2.55 bits per heavy atom. The molecule has 1 nitrogen and oxygen atoms in total. The van der Waals surface area contributed by atoms with Crippen molar-refractivity contribution in [1.29, 1.82) is 0 Å². The SMILES string of the molecule is CCN[13CH2]Cc1ccccc1. The zero-order chi connectivity index (χ0) is 7.94. The zero-order valence-corrected chi connectivity index (χ0v) is 7.01. The molecule has 11 heavy (non-hydrogen) atoms. The van der Waals surface area contributed by atoms with Gasteiger partial charge in [-0.15, -0.1) is 0 Å². The van der Waals surface area contributed by atoms with Crippen LogP contribution in [-0.4, -0.2) is 13.1 Å². The summed E-state index contributed by atoms with van der Waals surface area (Å²) in [5.74, 6) is 0. The maximum Gasteiger partial charge on any atom is -0.000847 e. The highest BCUT2D eigenvalue weighted by Crippen LogP contribution is 1.97. The van der Waals surface area contributed by atoms with Gasteiger partial charge in [0.05, 0.1) is 0 Å². The van der Waals surface area contributed by atoms with E-state index in [2.05, 4.69) is 42.6 Å². The number of rotatable bonds is 4. The molecule has 1 aromatic carbocycles. The average Bonchev–Trinajstić information content (AvgIpc) is 2.07. The zero-order valence-electron chi connectivity index (χ0n) is 7.01. The van der Waals surface area contributed by atoms with E-state index in [1.807, 2.05) is 0 Å².